The van der Waals surface area contributed by atoms with E-state index in [1.165, 1.54) is 17.7 Å². The number of benzene rings is 1. The zero-order valence-corrected chi connectivity index (χ0v) is 18.8. The van der Waals surface area contributed by atoms with Crippen LogP contribution in [0.1, 0.15) is 39.4 Å². The van der Waals surface area contributed by atoms with E-state index < -0.39 is 0 Å². The Morgan fingerprint density at radius 1 is 1.16 bits per heavy atom. The standard InChI is InChI=1S/C23H23N5O3S/c1-14(2)27-22(29)19-8-16(11-28-21(19)25-13-26-28)17-9-20(32-12-17)23(30)24-10-15-5-4-6-18(7-15)31-3/h4-9,11-14H,10H2,1-3H3,(H,24,30)(H,27,29). The molecule has 0 unspecified atom stereocenters. The van der Waals surface area contributed by atoms with Gasteiger partial charge in [-0.3, -0.25) is 9.59 Å². The first-order valence-electron chi connectivity index (χ1n) is 10.1. The largest absolute Gasteiger partial charge is 0.497 e. The number of carbonyl (C=O) groups is 2. The molecule has 0 saturated heterocycles. The summed E-state index contributed by atoms with van der Waals surface area (Å²) in [4.78, 5) is 30.1. The highest BCUT2D eigenvalue weighted by molar-refractivity contribution is 7.12. The highest BCUT2D eigenvalue weighted by atomic mass is 32.1. The van der Waals surface area contributed by atoms with Crippen LogP contribution < -0.4 is 15.4 Å². The first kappa shape index (κ1) is 21.5. The summed E-state index contributed by atoms with van der Waals surface area (Å²) in [6, 6.07) is 11.2. The van der Waals surface area contributed by atoms with Gasteiger partial charge in [-0.25, -0.2) is 9.50 Å². The van der Waals surface area contributed by atoms with E-state index in [0.29, 0.717) is 22.6 Å². The highest BCUT2D eigenvalue weighted by Gasteiger charge is 2.17. The van der Waals surface area contributed by atoms with Crippen molar-refractivity contribution in [2.24, 2.45) is 0 Å². The van der Waals surface area contributed by atoms with E-state index in [1.54, 1.807) is 23.9 Å². The molecule has 1 aromatic carbocycles. The normalized spacial score (nSPS) is 11.0. The monoisotopic (exact) mass is 449 g/mol. The van der Waals surface area contributed by atoms with Gasteiger partial charge in [0.2, 0.25) is 0 Å². The number of methoxy groups -OCH3 is 1. The average Bonchev–Trinajstić information content (AvgIpc) is 3.46. The number of aromatic nitrogens is 3. The number of amides is 2. The Kier molecular flexibility index (Phi) is 6.18. The first-order chi connectivity index (χ1) is 15.4. The van der Waals surface area contributed by atoms with Crippen molar-refractivity contribution in [1.82, 2.24) is 25.2 Å². The molecule has 0 bridgehead atoms. The second kappa shape index (κ2) is 9.19. The maximum absolute atomic E-state index is 12.7. The van der Waals surface area contributed by atoms with Gasteiger partial charge in [-0.15, -0.1) is 11.3 Å². The van der Waals surface area contributed by atoms with Gasteiger partial charge in [-0.2, -0.15) is 5.10 Å². The lowest BCUT2D eigenvalue weighted by Gasteiger charge is -2.10. The molecule has 0 aliphatic carbocycles. The third kappa shape index (κ3) is 4.62. The third-order valence-electron chi connectivity index (χ3n) is 4.78. The predicted octanol–water partition coefficient (Wildman–Crippen LogP) is 3.53. The van der Waals surface area contributed by atoms with Crippen LogP contribution in [-0.2, 0) is 6.54 Å². The fourth-order valence-electron chi connectivity index (χ4n) is 3.25. The van der Waals surface area contributed by atoms with Crippen molar-refractivity contribution in [1.29, 1.82) is 0 Å². The van der Waals surface area contributed by atoms with Crippen LogP contribution in [-0.4, -0.2) is 39.6 Å². The average molecular weight is 450 g/mol. The summed E-state index contributed by atoms with van der Waals surface area (Å²) < 4.78 is 6.79. The van der Waals surface area contributed by atoms with Gasteiger partial charge in [0, 0.05) is 24.3 Å². The van der Waals surface area contributed by atoms with Gasteiger partial charge in [-0.1, -0.05) is 12.1 Å². The van der Waals surface area contributed by atoms with Crippen molar-refractivity contribution in [3.05, 3.63) is 70.3 Å². The summed E-state index contributed by atoms with van der Waals surface area (Å²) in [6.45, 7) is 4.20. The number of ether oxygens (including phenoxy) is 1. The van der Waals surface area contributed by atoms with Crippen LogP contribution in [0.25, 0.3) is 16.8 Å². The summed E-state index contributed by atoms with van der Waals surface area (Å²) in [7, 11) is 1.61. The molecule has 0 radical (unpaired) electrons. The van der Waals surface area contributed by atoms with Crippen molar-refractivity contribution in [3.63, 3.8) is 0 Å². The molecule has 0 spiro atoms. The highest BCUT2D eigenvalue weighted by Crippen LogP contribution is 2.27. The van der Waals surface area contributed by atoms with Crippen molar-refractivity contribution in [2.75, 3.05) is 7.11 Å². The van der Waals surface area contributed by atoms with Crippen LogP contribution in [0, 0.1) is 0 Å². The number of nitrogens with zero attached hydrogens (tertiary/aromatic N) is 3. The lowest BCUT2D eigenvalue weighted by molar-refractivity contribution is 0.0939. The number of pyridine rings is 1. The zero-order valence-electron chi connectivity index (χ0n) is 18.0. The molecule has 0 fully saturated rings. The van der Waals surface area contributed by atoms with Gasteiger partial charge in [0.15, 0.2) is 5.65 Å². The topological polar surface area (TPSA) is 97.6 Å². The molecule has 3 aromatic heterocycles. The van der Waals surface area contributed by atoms with E-state index in [1.807, 2.05) is 49.6 Å². The van der Waals surface area contributed by atoms with E-state index in [9.17, 15) is 9.59 Å². The summed E-state index contributed by atoms with van der Waals surface area (Å²) >= 11 is 1.35. The van der Waals surface area contributed by atoms with E-state index in [0.717, 1.165) is 22.4 Å². The van der Waals surface area contributed by atoms with Gasteiger partial charge in [-0.05, 0) is 54.6 Å². The molecule has 0 saturated carbocycles. The molecule has 0 aliphatic rings. The van der Waals surface area contributed by atoms with Gasteiger partial charge in [0.05, 0.1) is 17.6 Å². The number of hydrogen-bond acceptors (Lipinski definition) is 6. The minimum Gasteiger partial charge on any atom is -0.497 e. The Morgan fingerprint density at radius 2 is 2.00 bits per heavy atom. The second-order valence-electron chi connectivity index (χ2n) is 7.53. The van der Waals surface area contributed by atoms with E-state index in [4.69, 9.17) is 4.74 Å². The van der Waals surface area contributed by atoms with Gasteiger partial charge < -0.3 is 15.4 Å². The first-order valence-corrected chi connectivity index (χ1v) is 11.0. The number of rotatable bonds is 7. The smallest absolute Gasteiger partial charge is 0.261 e. The number of thiophene rings is 1. The molecule has 3 heterocycles. The minimum atomic E-state index is -0.216. The van der Waals surface area contributed by atoms with Crippen LogP contribution in [0.5, 0.6) is 5.75 Å². The van der Waals surface area contributed by atoms with Crippen LogP contribution in [0.3, 0.4) is 0 Å². The molecule has 2 N–H and O–H groups in total. The lowest BCUT2D eigenvalue weighted by atomic mass is 10.1. The fourth-order valence-corrected chi connectivity index (χ4v) is 4.08. The maximum atomic E-state index is 12.7. The number of fused-ring (bicyclic) bond motifs is 1. The summed E-state index contributed by atoms with van der Waals surface area (Å²) in [5.41, 5.74) is 3.48. The molecule has 4 aromatic rings. The van der Waals surface area contributed by atoms with Crippen molar-refractivity contribution < 1.29 is 14.3 Å². The van der Waals surface area contributed by atoms with Crippen LogP contribution >= 0.6 is 11.3 Å². The summed E-state index contributed by atoms with van der Waals surface area (Å²) in [5.74, 6) is 0.367. The van der Waals surface area contributed by atoms with E-state index in [-0.39, 0.29) is 17.9 Å². The lowest BCUT2D eigenvalue weighted by Crippen LogP contribution is -2.30. The molecule has 0 atom stereocenters. The Labute approximate surface area is 189 Å². The zero-order chi connectivity index (χ0) is 22.7. The molecule has 2 amide bonds. The molecule has 32 heavy (non-hydrogen) atoms. The number of hydrogen-bond donors (Lipinski definition) is 2. The van der Waals surface area contributed by atoms with Crippen molar-refractivity contribution >= 4 is 28.8 Å². The molecule has 9 heteroatoms. The third-order valence-corrected chi connectivity index (χ3v) is 5.71. The Morgan fingerprint density at radius 3 is 2.78 bits per heavy atom. The molecular formula is C23H23N5O3S. The maximum Gasteiger partial charge on any atom is 0.261 e. The van der Waals surface area contributed by atoms with E-state index in [2.05, 4.69) is 20.7 Å². The second-order valence-corrected chi connectivity index (χ2v) is 8.44. The van der Waals surface area contributed by atoms with Crippen LogP contribution in [0.4, 0.5) is 0 Å². The Hall–Kier alpha value is -3.72. The Bertz CT molecular complexity index is 1280. The van der Waals surface area contributed by atoms with Crippen LogP contribution in [0.15, 0.2) is 54.3 Å². The molecule has 8 nitrogen and oxygen atoms in total. The van der Waals surface area contributed by atoms with Crippen molar-refractivity contribution in [2.45, 2.75) is 26.4 Å². The SMILES string of the molecule is COc1cccc(CNC(=O)c2cc(-c3cc(C(=O)NC(C)C)c4ncnn4c3)cs2)c1. The number of nitrogens with one attached hydrogen (secondary N) is 2. The van der Waals surface area contributed by atoms with Gasteiger partial charge in [0.1, 0.15) is 12.1 Å². The molecule has 0 aliphatic heterocycles. The minimum absolute atomic E-state index is 0.00449. The molecule has 164 valence electrons. The van der Waals surface area contributed by atoms with Crippen molar-refractivity contribution in [3.8, 4) is 16.9 Å². The van der Waals surface area contributed by atoms with E-state index >= 15 is 0 Å². The number of carbonyl (C=O) groups excluding carboxylic acids is 2. The van der Waals surface area contributed by atoms with Crippen LogP contribution in [0.2, 0.25) is 0 Å². The fraction of sp³-hybridized carbons (Fsp3) is 0.217. The summed E-state index contributed by atoms with van der Waals surface area (Å²) in [6.07, 6.45) is 3.21. The summed E-state index contributed by atoms with van der Waals surface area (Å²) in [5, 5.41) is 11.9. The van der Waals surface area contributed by atoms with Gasteiger partial charge in [0.25, 0.3) is 11.8 Å². The quantitative estimate of drug-likeness (QED) is 0.450. The predicted molar refractivity (Wildman–Crippen MR) is 123 cm³/mol. The molecule has 4 rings (SSSR count). The Balaban J connectivity index is 1.55. The van der Waals surface area contributed by atoms with Gasteiger partial charge >= 0.3 is 0 Å². The molecular weight excluding hydrogens is 426 g/mol.